The second-order valence-electron chi connectivity index (χ2n) is 4.94. The highest BCUT2D eigenvalue weighted by molar-refractivity contribution is 6.02. The zero-order valence-electron chi connectivity index (χ0n) is 11.8. The summed E-state index contributed by atoms with van der Waals surface area (Å²) >= 11 is 0. The Morgan fingerprint density at radius 1 is 1.00 bits per heavy atom. The van der Waals surface area contributed by atoms with Gasteiger partial charge in [0.2, 0.25) is 0 Å². The van der Waals surface area contributed by atoms with Crippen LogP contribution < -0.4 is 0 Å². The lowest BCUT2D eigenvalue weighted by Crippen LogP contribution is -2.01. The summed E-state index contributed by atoms with van der Waals surface area (Å²) in [5, 5.41) is 22.1. The van der Waals surface area contributed by atoms with Crippen molar-refractivity contribution in [2.45, 2.75) is 58.3 Å². The van der Waals surface area contributed by atoms with E-state index in [0.717, 1.165) is 12.8 Å². The zero-order valence-corrected chi connectivity index (χ0v) is 11.8. The van der Waals surface area contributed by atoms with Gasteiger partial charge in [0.25, 0.3) is 0 Å². The number of oxime groups is 1. The fourth-order valence-corrected chi connectivity index (χ4v) is 2.21. The van der Waals surface area contributed by atoms with Crippen LogP contribution in [0.1, 0.15) is 63.9 Å². The molecule has 1 aromatic carbocycles. The van der Waals surface area contributed by atoms with E-state index in [-0.39, 0.29) is 5.75 Å². The van der Waals surface area contributed by atoms with Crippen molar-refractivity contribution in [3.05, 3.63) is 29.8 Å². The molecule has 19 heavy (non-hydrogen) atoms. The van der Waals surface area contributed by atoms with Crippen molar-refractivity contribution < 1.29 is 10.3 Å². The molecule has 0 heterocycles. The highest BCUT2D eigenvalue weighted by Gasteiger charge is 2.08. The number of nitrogens with zero attached hydrogens (tertiary/aromatic N) is 1. The molecule has 0 saturated carbocycles. The van der Waals surface area contributed by atoms with Gasteiger partial charge in [-0.05, 0) is 25.0 Å². The lowest BCUT2D eigenvalue weighted by atomic mass is 10.0. The second kappa shape index (κ2) is 9.42. The fourth-order valence-electron chi connectivity index (χ4n) is 2.21. The Bertz CT molecular complexity index is 388. The zero-order chi connectivity index (χ0) is 13.9. The molecule has 0 aromatic heterocycles. The van der Waals surface area contributed by atoms with Gasteiger partial charge in [0.15, 0.2) is 0 Å². The molecule has 2 N–H and O–H groups in total. The van der Waals surface area contributed by atoms with Crippen LogP contribution in [-0.2, 0) is 0 Å². The predicted octanol–water partition coefficient (Wildman–Crippen LogP) is 4.71. The average molecular weight is 263 g/mol. The summed E-state index contributed by atoms with van der Waals surface area (Å²) in [5.41, 5.74) is 1.21. The number of hydrogen-bond donors (Lipinski definition) is 2. The summed E-state index contributed by atoms with van der Waals surface area (Å²) in [7, 11) is 0. The van der Waals surface area contributed by atoms with E-state index >= 15 is 0 Å². The largest absolute Gasteiger partial charge is 0.507 e. The van der Waals surface area contributed by atoms with Gasteiger partial charge in [-0.15, -0.1) is 0 Å². The fraction of sp³-hybridized carbons (Fsp3) is 0.562. The number of rotatable bonds is 9. The molecule has 3 heteroatoms. The SMILES string of the molecule is CCCCCCCCC/C(=N/O)c1ccccc1O. The van der Waals surface area contributed by atoms with Crippen LogP contribution in [0.2, 0.25) is 0 Å². The molecule has 3 nitrogen and oxygen atoms in total. The monoisotopic (exact) mass is 263 g/mol. The summed E-state index contributed by atoms with van der Waals surface area (Å²) in [6.45, 7) is 2.22. The van der Waals surface area contributed by atoms with Gasteiger partial charge in [-0.25, -0.2) is 0 Å². The molecule has 0 radical (unpaired) electrons. The van der Waals surface area contributed by atoms with Crippen molar-refractivity contribution in [3.8, 4) is 5.75 Å². The molecule has 0 aliphatic heterocycles. The van der Waals surface area contributed by atoms with Crippen LogP contribution >= 0.6 is 0 Å². The number of hydrogen-bond acceptors (Lipinski definition) is 3. The lowest BCUT2D eigenvalue weighted by Gasteiger charge is -2.06. The molecule has 0 aliphatic carbocycles. The van der Waals surface area contributed by atoms with Crippen molar-refractivity contribution in [1.29, 1.82) is 0 Å². The van der Waals surface area contributed by atoms with Crippen LogP contribution in [0, 0.1) is 0 Å². The van der Waals surface area contributed by atoms with Crippen LogP contribution in [0.5, 0.6) is 5.75 Å². The summed E-state index contributed by atoms with van der Waals surface area (Å²) < 4.78 is 0. The maximum absolute atomic E-state index is 9.72. The number of phenolic OH excluding ortho intramolecular Hbond substituents is 1. The van der Waals surface area contributed by atoms with E-state index in [1.54, 1.807) is 18.2 Å². The first-order valence-electron chi connectivity index (χ1n) is 7.29. The number of benzene rings is 1. The van der Waals surface area contributed by atoms with Gasteiger partial charge >= 0.3 is 0 Å². The van der Waals surface area contributed by atoms with E-state index < -0.39 is 0 Å². The first-order valence-corrected chi connectivity index (χ1v) is 7.29. The Morgan fingerprint density at radius 2 is 1.63 bits per heavy atom. The van der Waals surface area contributed by atoms with Gasteiger partial charge in [-0.1, -0.05) is 62.7 Å². The minimum Gasteiger partial charge on any atom is -0.507 e. The standard InChI is InChI=1S/C16H25NO2/c1-2-3-4-5-6-7-8-12-15(17-19)14-11-9-10-13-16(14)18/h9-11,13,18-19H,2-8,12H2,1H3/b17-15-. The van der Waals surface area contributed by atoms with Gasteiger partial charge in [-0.3, -0.25) is 0 Å². The molecular weight excluding hydrogens is 238 g/mol. The van der Waals surface area contributed by atoms with E-state index in [9.17, 15) is 5.11 Å². The van der Waals surface area contributed by atoms with E-state index in [2.05, 4.69) is 12.1 Å². The maximum atomic E-state index is 9.72. The average Bonchev–Trinajstić information content (AvgIpc) is 2.43. The number of unbranched alkanes of at least 4 members (excludes halogenated alkanes) is 6. The third kappa shape index (κ3) is 5.77. The van der Waals surface area contributed by atoms with Gasteiger partial charge in [0, 0.05) is 5.56 Å². The summed E-state index contributed by atoms with van der Waals surface area (Å²) in [6.07, 6.45) is 9.29. The molecule has 0 bridgehead atoms. The van der Waals surface area contributed by atoms with Gasteiger partial charge in [0.1, 0.15) is 5.75 Å². The molecule has 0 spiro atoms. The van der Waals surface area contributed by atoms with Crippen LogP contribution in [-0.4, -0.2) is 16.0 Å². The Labute approximate surface area is 116 Å². The van der Waals surface area contributed by atoms with Crippen molar-refractivity contribution in [1.82, 2.24) is 0 Å². The summed E-state index contributed by atoms with van der Waals surface area (Å²) in [6, 6.07) is 7.00. The normalized spacial score (nSPS) is 11.7. The van der Waals surface area contributed by atoms with Crippen LogP contribution in [0.15, 0.2) is 29.4 Å². The lowest BCUT2D eigenvalue weighted by molar-refractivity contribution is 0.317. The topological polar surface area (TPSA) is 52.8 Å². The predicted molar refractivity (Wildman–Crippen MR) is 79.0 cm³/mol. The maximum Gasteiger partial charge on any atom is 0.124 e. The van der Waals surface area contributed by atoms with Crippen molar-refractivity contribution in [2.24, 2.45) is 5.16 Å². The molecule has 0 unspecified atom stereocenters. The van der Waals surface area contributed by atoms with Gasteiger partial charge < -0.3 is 10.3 Å². The second-order valence-corrected chi connectivity index (χ2v) is 4.94. The van der Waals surface area contributed by atoms with Crippen LogP contribution in [0.25, 0.3) is 0 Å². The smallest absolute Gasteiger partial charge is 0.124 e. The van der Waals surface area contributed by atoms with Crippen LogP contribution in [0.4, 0.5) is 0 Å². The Balaban J connectivity index is 2.29. The molecule has 0 amide bonds. The summed E-state index contributed by atoms with van der Waals surface area (Å²) in [4.78, 5) is 0. The molecule has 0 fully saturated rings. The van der Waals surface area contributed by atoms with E-state index in [1.165, 1.54) is 32.1 Å². The van der Waals surface area contributed by atoms with E-state index in [1.807, 2.05) is 6.07 Å². The third-order valence-electron chi connectivity index (χ3n) is 3.35. The molecular formula is C16H25NO2. The highest BCUT2D eigenvalue weighted by Crippen LogP contribution is 2.19. The Kier molecular flexibility index (Phi) is 7.71. The van der Waals surface area contributed by atoms with Crippen LogP contribution in [0.3, 0.4) is 0 Å². The first-order chi connectivity index (χ1) is 9.29. The van der Waals surface area contributed by atoms with Gasteiger partial charge in [-0.2, -0.15) is 0 Å². The molecule has 0 atom stereocenters. The number of para-hydroxylation sites is 1. The minimum absolute atomic E-state index is 0.179. The quantitative estimate of drug-likeness (QED) is 0.293. The van der Waals surface area contributed by atoms with Crippen molar-refractivity contribution in [2.75, 3.05) is 0 Å². The molecule has 0 saturated heterocycles. The van der Waals surface area contributed by atoms with Gasteiger partial charge in [0.05, 0.1) is 5.71 Å². The first kappa shape index (κ1) is 15.5. The Hall–Kier alpha value is -1.51. The molecule has 1 rings (SSSR count). The van der Waals surface area contributed by atoms with E-state index in [4.69, 9.17) is 5.21 Å². The highest BCUT2D eigenvalue weighted by atomic mass is 16.4. The third-order valence-corrected chi connectivity index (χ3v) is 3.35. The molecule has 1 aromatic rings. The number of phenols is 1. The summed E-state index contributed by atoms with van der Waals surface area (Å²) in [5.74, 6) is 0.179. The minimum atomic E-state index is 0.179. The molecule has 106 valence electrons. The Morgan fingerprint density at radius 3 is 2.26 bits per heavy atom. The number of aromatic hydroxyl groups is 1. The van der Waals surface area contributed by atoms with Crippen molar-refractivity contribution >= 4 is 5.71 Å². The molecule has 0 aliphatic rings. The van der Waals surface area contributed by atoms with E-state index in [0.29, 0.717) is 17.7 Å². The van der Waals surface area contributed by atoms with Crippen molar-refractivity contribution in [3.63, 3.8) is 0 Å².